The minimum atomic E-state index is 0.318. The molecule has 0 aromatic heterocycles. The SMILES string of the molecule is Cc1cc([C@H]2C[C@@H]3CC[C@@]2(C)C3(C)C)c(O)c([C@H]2C[C@@H]3CC[C@@]2(C)C3(C)C)c1. The number of hydrogen-bond acceptors (Lipinski definition) is 1. The van der Waals surface area contributed by atoms with Crippen LogP contribution < -0.4 is 0 Å². The molecule has 4 aliphatic carbocycles. The first-order valence-electron chi connectivity index (χ1n) is 11.8. The number of hydrogen-bond donors (Lipinski definition) is 1. The van der Waals surface area contributed by atoms with E-state index in [4.69, 9.17) is 0 Å². The average molecular weight is 381 g/mol. The third kappa shape index (κ3) is 2.00. The molecule has 0 spiro atoms. The molecule has 4 saturated carbocycles. The van der Waals surface area contributed by atoms with Gasteiger partial charge in [-0.15, -0.1) is 0 Å². The summed E-state index contributed by atoms with van der Waals surface area (Å²) >= 11 is 0. The molecule has 1 nitrogen and oxygen atoms in total. The molecule has 0 amide bonds. The molecule has 0 aliphatic heterocycles. The number of phenols is 1. The summed E-state index contributed by atoms with van der Waals surface area (Å²) in [5.41, 5.74) is 5.30. The Morgan fingerprint density at radius 1 is 0.750 bits per heavy atom. The summed E-state index contributed by atoms with van der Waals surface area (Å²) in [4.78, 5) is 0. The predicted molar refractivity (Wildman–Crippen MR) is 117 cm³/mol. The van der Waals surface area contributed by atoms with E-state index < -0.39 is 0 Å². The molecule has 0 radical (unpaired) electrons. The van der Waals surface area contributed by atoms with Crippen LogP contribution in [0.15, 0.2) is 12.1 Å². The van der Waals surface area contributed by atoms with Crippen LogP contribution in [0, 0.1) is 40.4 Å². The first-order chi connectivity index (χ1) is 12.9. The van der Waals surface area contributed by atoms with Gasteiger partial charge in [0.15, 0.2) is 0 Å². The highest BCUT2D eigenvalue weighted by molar-refractivity contribution is 5.50. The van der Waals surface area contributed by atoms with Crippen LogP contribution in [0.2, 0.25) is 0 Å². The van der Waals surface area contributed by atoms with Crippen LogP contribution in [0.5, 0.6) is 5.75 Å². The zero-order chi connectivity index (χ0) is 20.3. The third-order valence-electron chi connectivity index (χ3n) is 11.7. The summed E-state index contributed by atoms with van der Waals surface area (Å²) < 4.78 is 0. The molecule has 1 N–H and O–H groups in total. The molecule has 4 aliphatic rings. The second-order valence-electron chi connectivity index (χ2n) is 12.6. The van der Waals surface area contributed by atoms with Gasteiger partial charge in [-0.25, -0.2) is 0 Å². The lowest BCUT2D eigenvalue weighted by Crippen LogP contribution is -2.32. The van der Waals surface area contributed by atoms with Gasteiger partial charge in [-0.1, -0.05) is 59.2 Å². The van der Waals surface area contributed by atoms with E-state index in [1.807, 2.05) is 0 Å². The second kappa shape index (κ2) is 5.38. The van der Waals surface area contributed by atoms with Crippen LogP contribution in [-0.2, 0) is 0 Å². The van der Waals surface area contributed by atoms with Crippen molar-refractivity contribution < 1.29 is 5.11 Å². The van der Waals surface area contributed by atoms with E-state index in [0.717, 1.165) is 11.8 Å². The Morgan fingerprint density at radius 2 is 1.14 bits per heavy atom. The molecular formula is C27H40O. The number of fused-ring (bicyclic) bond motifs is 4. The average Bonchev–Trinajstić information content (AvgIpc) is 3.14. The monoisotopic (exact) mass is 380 g/mol. The Labute approximate surface area is 172 Å². The van der Waals surface area contributed by atoms with Gasteiger partial charge in [-0.3, -0.25) is 0 Å². The van der Waals surface area contributed by atoms with Crippen molar-refractivity contribution in [1.29, 1.82) is 0 Å². The normalized spacial score (nSPS) is 45.1. The largest absolute Gasteiger partial charge is 0.507 e. The summed E-state index contributed by atoms with van der Waals surface area (Å²) in [6.45, 7) is 17.2. The Kier molecular flexibility index (Phi) is 3.65. The van der Waals surface area contributed by atoms with Gasteiger partial charge in [-0.05, 0) is 102 Å². The lowest BCUT2D eigenvalue weighted by atomic mass is 9.63. The first-order valence-corrected chi connectivity index (χ1v) is 11.8. The number of benzene rings is 1. The molecule has 5 rings (SSSR count). The van der Waals surface area contributed by atoms with Gasteiger partial charge in [0, 0.05) is 0 Å². The Morgan fingerprint density at radius 3 is 1.43 bits per heavy atom. The number of aryl methyl sites for hydroxylation is 1. The maximum Gasteiger partial charge on any atom is 0.122 e. The summed E-state index contributed by atoms with van der Waals surface area (Å²) in [6.07, 6.45) is 7.89. The molecule has 0 saturated heterocycles. The van der Waals surface area contributed by atoms with E-state index in [1.165, 1.54) is 55.2 Å². The zero-order valence-electron chi connectivity index (χ0n) is 19.2. The van der Waals surface area contributed by atoms with E-state index in [9.17, 15) is 5.11 Å². The smallest absolute Gasteiger partial charge is 0.122 e. The molecular weight excluding hydrogens is 340 g/mol. The molecule has 1 aromatic rings. The zero-order valence-corrected chi connectivity index (χ0v) is 19.2. The predicted octanol–water partition coefficient (Wildman–Crippen LogP) is 7.56. The molecule has 1 aromatic carbocycles. The van der Waals surface area contributed by atoms with E-state index in [2.05, 4.69) is 60.6 Å². The summed E-state index contributed by atoms with van der Waals surface area (Å²) in [6, 6.07) is 4.65. The molecule has 0 unspecified atom stereocenters. The van der Waals surface area contributed by atoms with Gasteiger partial charge in [-0.2, -0.15) is 0 Å². The number of aromatic hydroxyl groups is 1. The van der Waals surface area contributed by atoms with E-state index in [0.29, 0.717) is 39.2 Å². The fraction of sp³-hybridized carbons (Fsp3) is 0.778. The Hall–Kier alpha value is -0.980. The minimum absolute atomic E-state index is 0.318. The lowest BCUT2D eigenvalue weighted by Gasteiger charge is -2.42. The van der Waals surface area contributed by atoms with Gasteiger partial charge >= 0.3 is 0 Å². The van der Waals surface area contributed by atoms with Crippen LogP contribution in [0.4, 0.5) is 0 Å². The Bertz CT molecular complexity index is 768. The summed E-state index contributed by atoms with van der Waals surface area (Å²) in [5.74, 6) is 3.31. The fourth-order valence-electron chi connectivity index (χ4n) is 8.71. The topological polar surface area (TPSA) is 20.2 Å². The van der Waals surface area contributed by atoms with Crippen molar-refractivity contribution in [3.63, 3.8) is 0 Å². The molecule has 0 heterocycles. The molecule has 6 atom stereocenters. The maximum atomic E-state index is 11.7. The van der Waals surface area contributed by atoms with Gasteiger partial charge in [0.2, 0.25) is 0 Å². The van der Waals surface area contributed by atoms with Crippen LogP contribution >= 0.6 is 0 Å². The fourth-order valence-corrected chi connectivity index (χ4v) is 8.71. The van der Waals surface area contributed by atoms with Crippen molar-refractivity contribution in [2.45, 2.75) is 98.8 Å². The van der Waals surface area contributed by atoms with Crippen LogP contribution in [0.3, 0.4) is 0 Å². The Balaban J connectivity index is 1.60. The quantitative estimate of drug-likeness (QED) is 0.561. The first kappa shape index (κ1) is 19.0. The van der Waals surface area contributed by atoms with Crippen LogP contribution in [0.25, 0.3) is 0 Å². The maximum absolute atomic E-state index is 11.7. The second-order valence-corrected chi connectivity index (χ2v) is 12.6. The highest BCUT2D eigenvalue weighted by Crippen LogP contribution is 2.74. The van der Waals surface area contributed by atoms with Crippen molar-refractivity contribution >= 4 is 0 Å². The molecule has 1 heteroatoms. The molecule has 4 bridgehead atoms. The summed E-state index contributed by atoms with van der Waals surface area (Å²) in [7, 11) is 0. The molecule has 4 fully saturated rings. The van der Waals surface area contributed by atoms with Crippen molar-refractivity contribution in [2.24, 2.45) is 33.5 Å². The van der Waals surface area contributed by atoms with E-state index >= 15 is 0 Å². The van der Waals surface area contributed by atoms with Crippen LogP contribution in [0.1, 0.15) is 109 Å². The van der Waals surface area contributed by atoms with E-state index in [-0.39, 0.29) is 0 Å². The lowest BCUT2D eigenvalue weighted by molar-refractivity contribution is 0.130. The molecule has 28 heavy (non-hydrogen) atoms. The minimum Gasteiger partial charge on any atom is -0.507 e. The standard InChI is InChI=1S/C27H40O/c1-16-12-19(21-14-17-8-10-26(21,6)24(17,2)3)23(28)20(13-16)22-15-18-9-11-27(22,7)25(18,4)5/h12-13,17-18,21-22,28H,8-11,14-15H2,1-7H3/t17-,18-,21+,22+,26+,27+/m0/s1. The highest BCUT2D eigenvalue weighted by atomic mass is 16.3. The van der Waals surface area contributed by atoms with Crippen LogP contribution in [-0.4, -0.2) is 5.11 Å². The van der Waals surface area contributed by atoms with Crippen molar-refractivity contribution in [2.75, 3.05) is 0 Å². The molecule has 154 valence electrons. The van der Waals surface area contributed by atoms with E-state index in [1.54, 1.807) is 0 Å². The third-order valence-corrected chi connectivity index (χ3v) is 11.7. The van der Waals surface area contributed by atoms with Crippen molar-refractivity contribution in [3.8, 4) is 5.75 Å². The van der Waals surface area contributed by atoms with Gasteiger partial charge in [0.1, 0.15) is 5.75 Å². The van der Waals surface area contributed by atoms with Crippen molar-refractivity contribution in [3.05, 3.63) is 28.8 Å². The summed E-state index contributed by atoms with van der Waals surface area (Å²) in [5, 5.41) is 11.7. The van der Waals surface area contributed by atoms with Gasteiger partial charge < -0.3 is 5.11 Å². The van der Waals surface area contributed by atoms with Crippen molar-refractivity contribution in [1.82, 2.24) is 0 Å². The number of phenolic OH excluding ortho intramolecular Hbond substituents is 1. The van der Waals surface area contributed by atoms with Gasteiger partial charge in [0.25, 0.3) is 0 Å². The number of rotatable bonds is 2. The van der Waals surface area contributed by atoms with Gasteiger partial charge in [0.05, 0.1) is 0 Å². The highest BCUT2D eigenvalue weighted by Gasteiger charge is 2.63.